The van der Waals surface area contributed by atoms with Gasteiger partial charge in [0.1, 0.15) is 0 Å². The Balaban J connectivity index is 1.80. The van der Waals surface area contributed by atoms with Crippen LogP contribution in [0.3, 0.4) is 0 Å². The number of nitrogens with zero attached hydrogens (tertiary/aromatic N) is 1. The van der Waals surface area contributed by atoms with Crippen LogP contribution in [0.4, 0.5) is 0 Å². The molecule has 0 atom stereocenters. The fraction of sp³-hybridized carbons (Fsp3) is 0.538. The topological polar surface area (TPSA) is 15.3 Å². The van der Waals surface area contributed by atoms with Crippen molar-refractivity contribution >= 4 is 34.8 Å². The van der Waals surface area contributed by atoms with E-state index in [-0.39, 0.29) is 0 Å². The normalized spacial score (nSPS) is 16.4. The maximum atomic E-state index is 6.14. The van der Waals surface area contributed by atoms with Gasteiger partial charge in [0, 0.05) is 30.2 Å². The zero-order valence-electron chi connectivity index (χ0n) is 10.2. The first kappa shape index (κ1) is 14.4. The zero-order chi connectivity index (χ0) is 13.0. The van der Waals surface area contributed by atoms with E-state index in [0.717, 1.165) is 18.7 Å². The first-order valence-corrected chi connectivity index (χ1v) is 7.37. The number of hydrogen-bond acceptors (Lipinski definition) is 2. The average Bonchev–Trinajstić information content (AvgIpc) is 2.86. The summed E-state index contributed by atoms with van der Waals surface area (Å²) in [5.74, 6) is 0. The van der Waals surface area contributed by atoms with E-state index < -0.39 is 0 Å². The van der Waals surface area contributed by atoms with Gasteiger partial charge in [0.15, 0.2) is 0 Å². The molecule has 0 spiro atoms. The van der Waals surface area contributed by atoms with Gasteiger partial charge in [-0.15, -0.1) is 0 Å². The van der Waals surface area contributed by atoms with Crippen LogP contribution in [0, 0.1) is 0 Å². The van der Waals surface area contributed by atoms with E-state index >= 15 is 0 Å². The van der Waals surface area contributed by atoms with Gasteiger partial charge in [0.05, 0.1) is 10.0 Å². The largest absolute Gasteiger partial charge is 0.311 e. The maximum Gasteiger partial charge on any atom is 0.0652 e. The van der Waals surface area contributed by atoms with Crippen LogP contribution >= 0.6 is 34.8 Å². The predicted molar refractivity (Wildman–Crippen MR) is 78.9 cm³/mol. The molecule has 18 heavy (non-hydrogen) atoms. The smallest absolute Gasteiger partial charge is 0.0652 e. The minimum atomic E-state index is 0.553. The molecular formula is C13H17Cl3N2. The Morgan fingerprint density at radius 3 is 2.44 bits per heavy atom. The number of halogens is 3. The summed E-state index contributed by atoms with van der Waals surface area (Å²) in [6.45, 7) is 5.13. The number of hydrogen-bond donors (Lipinski definition) is 1. The van der Waals surface area contributed by atoms with Crippen molar-refractivity contribution in [2.45, 2.75) is 19.4 Å². The third-order valence-electron chi connectivity index (χ3n) is 3.24. The SMILES string of the molecule is Clc1ccc(Cl)c(CNCCN2CCCC2)c1Cl. The first-order valence-electron chi connectivity index (χ1n) is 6.24. The minimum Gasteiger partial charge on any atom is -0.311 e. The highest BCUT2D eigenvalue weighted by Gasteiger charge is 2.11. The van der Waals surface area contributed by atoms with Crippen LogP contribution in [0.1, 0.15) is 18.4 Å². The van der Waals surface area contributed by atoms with Crippen molar-refractivity contribution in [3.05, 3.63) is 32.8 Å². The van der Waals surface area contributed by atoms with Crippen molar-refractivity contribution in [1.82, 2.24) is 10.2 Å². The summed E-state index contributed by atoms with van der Waals surface area (Å²) in [6, 6.07) is 3.51. The molecule has 0 amide bonds. The Bertz CT molecular complexity index is 403. The summed E-state index contributed by atoms with van der Waals surface area (Å²) in [5.41, 5.74) is 0.882. The van der Waals surface area contributed by atoms with Crippen molar-refractivity contribution in [2.75, 3.05) is 26.2 Å². The van der Waals surface area contributed by atoms with Gasteiger partial charge in [0.2, 0.25) is 0 Å². The standard InChI is InChI=1S/C13H17Cl3N2/c14-11-3-4-12(15)13(16)10(11)9-17-5-8-18-6-1-2-7-18/h3-4,17H,1-2,5-9H2. The molecule has 1 aromatic rings. The van der Waals surface area contributed by atoms with Crippen LogP contribution in [0.25, 0.3) is 0 Å². The summed E-state index contributed by atoms with van der Waals surface area (Å²) in [6.07, 6.45) is 2.65. The molecule has 0 saturated carbocycles. The number of benzene rings is 1. The van der Waals surface area contributed by atoms with Gasteiger partial charge >= 0.3 is 0 Å². The Morgan fingerprint density at radius 1 is 1.06 bits per heavy atom. The van der Waals surface area contributed by atoms with E-state index in [0.29, 0.717) is 21.6 Å². The summed E-state index contributed by atoms with van der Waals surface area (Å²) < 4.78 is 0. The molecule has 1 aliphatic rings. The van der Waals surface area contributed by atoms with Gasteiger partial charge in [-0.2, -0.15) is 0 Å². The second kappa shape index (κ2) is 6.97. The molecule has 1 heterocycles. The van der Waals surface area contributed by atoms with Crippen LogP contribution in [0.2, 0.25) is 15.1 Å². The number of nitrogens with one attached hydrogen (secondary N) is 1. The Hall–Kier alpha value is 0.01000. The Labute approximate surface area is 123 Å². The lowest BCUT2D eigenvalue weighted by atomic mass is 10.2. The van der Waals surface area contributed by atoms with Crippen LogP contribution in [-0.4, -0.2) is 31.1 Å². The fourth-order valence-electron chi connectivity index (χ4n) is 2.19. The van der Waals surface area contributed by atoms with E-state index in [1.54, 1.807) is 12.1 Å². The summed E-state index contributed by atoms with van der Waals surface area (Å²) in [7, 11) is 0. The highest BCUT2D eigenvalue weighted by atomic mass is 35.5. The monoisotopic (exact) mass is 306 g/mol. The van der Waals surface area contributed by atoms with E-state index in [1.807, 2.05) is 0 Å². The quantitative estimate of drug-likeness (QED) is 0.657. The maximum absolute atomic E-state index is 6.14. The third kappa shape index (κ3) is 3.75. The van der Waals surface area contributed by atoms with Gasteiger partial charge in [-0.1, -0.05) is 34.8 Å². The number of likely N-dealkylation sites (tertiary alicyclic amines) is 1. The van der Waals surface area contributed by atoms with Crippen molar-refractivity contribution in [3.63, 3.8) is 0 Å². The molecule has 1 fully saturated rings. The van der Waals surface area contributed by atoms with E-state index in [1.165, 1.54) is 25.9 Å². The summed E-state index contributed by atoms with van der Waals surface area (Å²) >= 11 is 18.2. The second-order valence-corrected chi connectivity index (χ2v) is 5.74. The minimum absolute atomic E-state index is 0.553. The summed E-state index contributed by atoms with van der Waals surface area (Å²) in [4.78, 5) is 2.47. The molecule has 0 bridgehead atoms. The highest BCUT2D eigenvalue weighted by Crippen LogP contribution is 2.31. The van der Waals surface area contributed by atoms with Gasteiger partial charge < -0.3 is 10.2 Å². The molecule has 0 unspecified atom stereocenters. The lowest BCUT2D eigenvalue weighted by Crippen LogP contribution is -2.29. The molecule has 1 aromatic carbocycles. The van der Waals surface area contributed by atoms with E-state index in [9.17, 15) is 0 Å². The molecular weight excluding hydrogens is 291 g/mol. The molecule has 0 radical (unpaired) electrons. The molecule has 2 nitrogen and oxygen atoms in total. The molecule has 0 aliphatic carbocycles. The van der Waals surface area contributed by atoms with Crippen molar-refractivity contribution in [3.8, 4) is 0 Å². The third-order valence-corrected chi connectivity index (χ3v) is 4.44. The first-order chi connectivity index (χ1) is 8.68. The van der Waals surface area contributed by atoms with Crippen LogP contribution in [-0.2, 0) is 6.54 Å². The fourth-order valence-corrected chi connectivity index (χ4v) is 2.87. The zero-order valence-corrected chi connectivity index (χ0v) is 12.5. The molecule has 2 rings (SSSR count). The molecule has 1 aliphatic heterocycles. The predicted octanol–water partition coefficient (Wildman–Crippen LogP) is 3.83. The highest BCUT2D eigenvalue weighted by molar-refractivity contribution is 6.44. The van der Waals surface area contributed by atoms with Gasteiger partial charge in [-0.25, -0.2) is 0 Å². The second-order valence-electron chi connectivity index (χ2n) is 4.55. The van der Waals surface area contributed by atoms with Crippen LogP contribution in [0.15, 0.2) is 12.1 Å². The molecule has 0 aromatic heterocycles. The lowest BCUT2D eigenvalue weighted by molar-refractivity contribution is 0.335. The van der Waals surface area contributed by atoms with Gasteiger partial charge in [-0.3, -0.25) is 0 Å². The van der Waals surface area contributed by atoms with E-state index in [4.69, 9.17) is 34.8 Å². The van der Waals surface area contributed by atoms with Crippen molar-refractivity contribution < 1.29 is 0 Å². The van der Waals surface area contributed by atoms with Crippen molar-refractivity contribution in [1.29, 1.82) is 0 Å². The Kier molecular flexibility index (Phi) is 5.58. The average molecular weight is 308 g/mol. The van der Waals surface area contributed by atoms with Crippen LogP contribution < -0.4 is 5.32 Å². The van der Waals surface area contributed by atoms with Gasteiger partial charge in [-0.05, 0) is 38.1 Å². The molecule has 1 saturated heterocycles. The Morgan fingerprint density at radius 2 is 1.72 bits per heavy atom. The van der Waals surface area contributed by atoms with E-state index in [2.05, 4.69) is 10.2 Å². The summed E-state index contributed by atoms with van der Waals surface area (Å²) in [5, 5.41) is 5.14. The van der Waals surface area contributed by atoms with Crippen molar-refractivity contribution in [2.24, 2.45) is 0 Å². The molecule has 100 valence electrons. The molecule has 1 N–H and O–H groups in total. The lowest BCUT2D eigenvalue weighted by Gasteiger charge is -2.15. The molecule has 5 heteroatoms. The van der Waals surface area contributed by atoms with Gasteiger partial charge in [0.25, 0.3) is 0 Å². The number of rotatable bonds is 5. The van der Waals surface area contributed by atoms with Crippen LogP contribution in [0.5, 0.6) is 0 Å².